The predicted octanol–water partition coefficient (Wildman–Crippen LogP) is 2.50. The number of benzene rings is 2. The van der Waals surface area contributed by atoms with Crippen LogP contribution in [0, 0.1) is 5.82 Å². The smallest absolute Gasteiger partial charge is 0.276 e. The van der Waals surface area contributed by atoms with Gasteiger partial charge in [0, 0.05) is 18.7 Å². The maximum absolute atomic E-state index is 13.9. The van der Waals surface area contributed by atoms with Gasteiger partial charge in [0.2, 0.25) is 0 Å². The van der Waals surface area contributed by atoms with Crippen molar-refractivity contribution in [2.24, 2.45) is 0 Å². The minimum atomic E-state index is -0.547. The molecule has 1 N–H and O–H groups in total. The van der Waals surface area contributed by atoms with Gasteiger partial charge in [-0.05, 0) is 24.3 Å². The lowest BCUT2D eigenvalue weighted by molar-refractivity contribution is 0.0729. The molecule has 0 saturated heterocycles. The Morgan fingerprint density at radius 1 is 1.04 bits per heavy atom. The number of nitrogens with one attached hydrogen (secondary N) is 1. The molecule has 0 saturated carbocycles. The van der Waals surface area contributed by atoms with E-state index in [-0.39, 0.29) is 17.7 Å². The van der Waals surface area contributed by atoms with Gasteiger partial charge in [-0.1, -0.05) is 30.3 Å². The van der Waals surface area contributed by atoms with Crippen molar-refractivity contribution in [3.05, 3.63) is 87.6 Å². The van der Waals surface area contributed by atoms with E-state index in [2.05, 4.69) is 5.10 Å². The van der Waals surface area contributed by atoms with Crippen molar-refractivity contribution in [3.63, 3.8) is 0 Å². The van der Waals surface area contributed by atoms with Gasteiger partial charge < -0.3 is 4.90 Å². The van der Waals surface area contributed by atoms with Crippen molar-refractivity contribution in [2.75, 3.05) is 6.54 Å². The fraction of sp³-hybridized carbons (Fsp3) is 0.158. The highest BCUT2D eigenvalue weighted by Crippen LogP contribution is 2.19. The summed E-state index contributed by atoms with van der Waals surface area (Å²) in [5.74, 6) is -0.940. The maximum Gasteiger partial charge on any atom is 0.276 e. The van der Waals surface area contributed by atoms with Gasteiger partial charge in [0.25, 0.3) is 11.5 Å². The van der Waals surface area contributed by atoms with E-state index in [0.717, 1.165) is 11.4 Å². The number of fused-ring (bicyclic) bond motifs is 1. The Kier molecular flexibility index (Phi) is 3.72. The molecule has 1 amide bonds. The monoisotopic (exact) mass is 337 g/mol. The zero-order chi connectivity index (χ0) is 17.4. The van der Waals surface area contributed by atoms with E-state index in [1.54, 1.807) is 12.1 Å². The molecular weight excluding hydrogens is 321 g/mol. The first kappa shape index (κ1) is 15.4. The summed E-state index contributed by atoms with van der Waals surface area (Å²) >= 11 is 0. The molecule has 1 aliphatic heterocycles. The van der Waals surface area contributed by atoms with Crippen molar-refractivity contribution in [1.82, 2.24) is 14.7 Å². The number of aromatic amines is 1. The molecule has 1 aromatic heterocycles. The molecule has 2 heterocycles. The summed E-state index contributed by atoms with van der Waals surface area (Å²) in [6.45, 7) is 0.618. The zero-order valence-electron chi connectivity index (χ0n) is 13.4. The molecule has 126 valence electrons. The molecule has 2 aromatic carbocycles. The minimum absolute atomic E-state index is 0.0323. The van der Waals surface area contributed by atoms with Gasteiger partial charge in [0.05, 0.1) is 23.4 Å². The van der Waals surface area contributed by atoms with Crippen LogP contribution in [0.5, 0.6) is 0 Å². The van der Waals surface area contributed by atoms with Gasteiger partial charge >= 0.3 is 0 Å². The first-order chi connectivity index (χ1) is 12.1. The first-order valence-electron chi connectivity index (χ1n) is 8.07. The van der Waals surface area contributed by atoms with E-state index in [4.69, 9.17) is 0 Å². The molecule has 0 atom stereocenters. The molecule has 0 radical (unpaired) electrons. The van der Waals surface area contributed by atoms with Gasteiger partial charge in [0.1, 0.15) is 5.82 Å². The van der Waals surface area contributed by atoms with E-state index in [1.807, 2.05) is 30.3 Å². The number of rotatable bonds is 2. The Balaban J connectivity index is 1.66. The normalized spacial score (nSPS) is 13.6. The Hall–Kier alpha value is -3.15. The second-order valence-electron chi connectivity index (χ2n) is 6.00. The Labute approximate surface area is 143 Å². The lowest BCUT2D eigenvalue weighted by Crippen LogP contribution is -2.38. The van der Waals surface area contributed by atoms with Crippen LogP contribution in [0.15, 0.2) is 59.4 Å². The quantitative estimate of drug-likeness (QED) is 0.781. The highest BCUT2D eigenvalue weighted by atomic mass is 19.1. The van der Waals surface area contributed by atoms with Crippen LogP contribution < -0.4 is 5.56 Å². The molecule has 0 bridgehead atoms. The number of hydrogen-bond acceptors (Lipinski definition) is 2. The number of carbonyl (C=O) groups is 1. The van der Waals surface area contributed by atoms with E-state index in [1.165, 1.54) is 21.7 Å². The van der Waals surface area contributed by atoms with Crippen LogP contribution in [0.1, 0.15) is 21.6 Å². The third-order valence-electron chi connectivity index (χ3n) is 4.46. The molecule has 0 unspecified atom stereocenters. The molecule has 25 heavy (non-hydrogen) atoms. The molecule has 5 nitrogen and oxygen atoms in total. The van der Waals surface area contributed by atoms with Crippen LogP contribution in [0.3, 0.4) is 0 Å². The predicted molar refractivity (Wildman–Crippen MR) is 91.2 cm³/mol. The topological polar surface area (TPSA) is 58.1 Å². The lowest BCUT2D eigenvalue weighted by Gasteiger charge is -2.26. The number of para-hydroxylation sites is 1. The van der Waals surface area contributed by atoms with Crippen LogP contribution in [-0.2, 0) is 13.0 Å². The number of amides is 1. The largest absolute Gasteiger partial charge is 0.334 e. The molecule has 1 aliphatic rings. The van der Waals surface area contributed by atoms with Gasteiger partial charge in [-0.2, -0.15) is 0 Å². The Morgan fingerprint density at radius 2 is 1.76 bits per heavy atom. The first-order valence-corrected chi connectivity index (χ1v) is 8.07. The summed E-state index contributed by atoms with van der Waals surface area (Å²) in [5, 5.41) is 3.12. The van der Waals surface area contributed by atoms with Gasteiger partial charge in [-0.3, -0.25) is 14.7 Å². The molecule has 0 spiro atoms. The Morgan fingerprint density at radius 3 is 2.52 bits per heavy atom. The zero-order valence-corrected chi connectivity index (χ0v) is 13.4. The fourth-order valence-electron chi connectivity index (χ4n) is 3.14. The fourth-order valence-corrected chi connectivity index (χ4v) is 3.14. The van der Waals surface area contributed by atoms with Crippen LogP contribution in [0.4, 0.5) is 4.39 Å². The van der Waals surface area contributed by atoms with Gasteiger partial charge in [-0.15, -0.1) is 0 Å². The number of H-pyrrole nitrogens is 1. The summed E-state index contributed by atoms with van der Waals surface area (Å²) in [5.41, 5.74) is 1.98. The number of nitrogens with zero attached hydrogens (tertiary/aromatic N) is 2. The minimum Gasteiger partial charge on any atom is -0.334 e. The van der Waals surface area contributed by atoms with Gasteiger partial charge in [-0.25, -0.2) is 9.07 Å². The lowest BCUT2D eigenvalue weighted by atomic mass is 10.1. The molecule has 3 aromatic rings. The molecule has 4 rings (SSSR count). The van der Waals surface area contributed by atoms with Crippen LogP contribution in [0.25, 0.3) is 5.69 Å². The summed E-state index contributed by atoms with van der Waals surface area (Å²) < 4.78 is 15.4. The SMILES string of the molecule is O=C(c1ccccc1F)N1CCc2[nH]n(-c3ccccc3)c(=O)c2C1. The average molecular weight is 337 g/mol. The summed E-state index contributed by atoms with van der Waals surface area (Å²) in [6.07, 6.45) is 0.532. The average Bonchev–Trinajstić information content (AvgIpc) is 2.98. The van der Waals surface area contributed by atoms with E-state index in [9.17, 15) is 14.0 Å². The van der Waals surface area contributed by atoms with Crippen molar-refractivity contribution in [3.8, 4) is 5.69 Å². The molecular formula is C19H16FN3O2. The molecule has 0 fully saturated rings. The van der Waals surface area contributed by atoms with Crippen molar-refractivity contribution in [2.45, 2.75) is 13.0 Å². The summed E-state index contributed by atoms with van der Waals surface area (Å²) in [6, 6.07) is 15.2. The van der Waals surface area contributed by atoms with Crippen molar-refractivity contribution >= 4 is 5.91 Å². The number of carbonyl (C=O) groups excluding carboxylic acids is 1. The van der Waals surface area contributed by atoms with E-state index >= 15 is 0 Å². The maximum atomic E-state index is 13.9. The van der Waals surface area contributed by atoms with Gasteiger partial charge in [0.15, 0.2) is 0 Å². The second kappa shape index (κ2) is 6.05. The van der Waals surface area contributed by atoms with Crippen molar-refractivity contribution in [1.29, 1.82) is 0 Å². The second-order valence-corrected chi connectivity index (χ2v) is 6.00. The number of halogens is 1. The standard InChI is InChI=1S/C19H16FN3O2/c20-16-9-5-4-8-14(16)18(24)22-11-10-17-15(12-22)19(25)23(21-17)13-6-2-1-3-7-13/h1-9,21H,10-12H2. The summed E-state index contributed by atoms with van der Waals surface area (Å²) in [4.78, 5) is 26.8. The number of aromatic nitrogens is 2. The van der Waals surface area contributed by atoms with Crippen molar-refractivity contribution < 1.29 is 9.18 Å². The third kappa shape index (κ3) is 2.65. The Bertz CT molecular complexity index is 991. The highest BCUT2D eigenvalue weighted by molar-refractivity contribution is 5.94. The summed E-state index contributed by atoms with van der Waals surface area (Å²) in [7, 11) is 0. The van der Waals surface area contributed by atoms with E-state index in [0.29, 0.717) is 18.5 Å². The third-order valence-corrected chi connectivity index (χ3v) is 4.46. The highest BCUT2D eigenvalue weighted by Gasteiger charge is 2.27. The number of hydrogen-bond donors (Lipinski definition) is 1. The van der Waals surface area contributed by atoms with Crippen LogP contribution in [0.2, 0.25) is 0 Å². The molecule has 0 aliphatic carbocycles. The van der Waals surface area contributed by atoms with Crippen LogP contribution >= 0.6 is 0 Å². The molecule has 6 heteroatoms. The van der Waals surface area contributed by atoms with Crippen LogP contribution in [-0.4, -0.2) is 27.1 Å². The van der Waals surface area contributed by atoms with E-state index < -0.39 is 11.7 Å².